The van der Waals surface area contributed by atoms with Gasteiger partial charge in [0.1, 0.15) is 0 Å². The van der Waals surface area contributed by atoms with Gasteiger partial charge in [0, 0.05) is 5.56 Å². The molecule has 0 saturated heterocycles. The predicted molar refractivity (Wildman–Crippen MR) is 72.8 cm³/mol. The molecule has 2 aromatic carbocycles. The van der Waals surface area contributed by atoms with E-state index in [1.165, 1.54) is 0 Å². The van der Waals surface area contributed by atoms with E-state index in [0.29, 0.717) is 16.7 Å². The largest absolute Gasteiger partial charge is 0.386 e. The minimum absolute atomic E-state index is 0.359. The van der Waals surface area contributed by atoms with Crippen LogP contribution in [-0.4, -0.2) is 17.2 Å². The van der Waals surface area contributed by atoms with Crippen LogP contribution in [0.25, 0.3) is 0 Å². The van der Waals surface area contributed by atoms with E-state index in [-0.39, 0.29) is 0 Å². The first kappa shape index (κ1) is 14.0. The second-order valence-corrected chi connectivity index (χ2v) is 4.21. The van der Waals surface area contributed by atoms with Crippen LogP contribution in [-0.2, 0) is 4.74 Å². The smallest absolute Gasteiger partial charge is 0.346 e. The van der Waals surface area contributed by atoms with Gasteiger partial charge < -0.3 is 4.74 Å². The molecule has 0 unspecified atom stereocenters. The highest BCUT2D eigenvalue weighted by atomic mass is 35.5. The molecule has 100 valence electrons. The van der Waals surface area contributed by atoms with Crippen molar-refractivity contribution in [3.63, 3.8) is 0 Å². The van der Waals surface area contributed by atoms with Crippen molar-refractivity contribution in [2.45, 2.75) is 0 Å². The topological polar surface area (TPSA) is 60.4 Å². The molecule has 1 heterocycles. The number of benzene rings is 2. The fraction of sp³-hybridized carbons (Fsp3) is 0. The molecule has 20 heavy (non-hydrogen) atoms. The maximum Gasteiger partial charge on any atom is 0.346 e. The fourth-order valence-electron chi connectivity index (χ4n) is 1.60. The summed E-state index contributed by atoms with van der Waals surface area (Å²) in [7, 11) is 0. The first-order valence-electron chi connectivity index (χ1n) is 5.70. The molecule has 3 rings (SSSR count). The quantitative estimate of drug-likeness (QED) is 0.460. The van der Waals surface area contributed by atoms with Crippen molar-refractivity contribution < 1.29 is 19.1 Å². The summed E-state index contributed by atoms with van der Waals surface area (Å²) in [6.45, 7) is 0. The third kappa shape index (κ3) is 3.10. The highest BCUT2D eigenvalue weighted by Gasteiger charge is 2.28. The maximum atomic E-state index is 10.8. The van der Waals surface area contributed by atoms with E-state index >= 15 is 0 Å². The molecule has 0 fully saturated rings. The van der Waals surface area contributed by atoms with Gasteiger partial charge >= 0.3 is 11.9 Å². The Balaban J connectivity index is 0.000000151. The molecule has 1 aliphatic rings. The fourth-order valence-corrected chi connectivity index (χ4v) is 1.73. The van der Waals surface area contributed by atoms with Gasteiger partial charge in [0.2, 0.25) is 0 Å². The van der Waals surface area contributed by atoms with Gasteiger partial charge in [-0.1, -0.05) is 42.5 Å². The number of carbonyl (C=O) groups is 3. The SMILES string of the molecule is O=C(Cl)c1ccccc1.O=C1OC(=O)c2ccccc21. The highest BCUT2D eigenvalue weighted by Crippen LogP contribution is 2.18. The van der Waals surface area contributed by atoms with E-state index in [2.05, 4.69) is 4.74 Å². The minimum atomic E-state index is -0.550. The number of fused-ring (bicyclic) bond motifs is 1. The Labute approximate surface area is 119 Å². The number of halogens is 1. The molecule has 0 atom stereocenters. The van der Waals surface area contributed by atoms with Gasteiger partial charge in [-0.25, -0.2) is 9.59 Å². The van der Waals surface area contributed by atoms with Gasteiger partial charge in [0.25, 0.3) is 5.24 Å². The summed E-state index contributed by atoms with van der Waals surface area (Å²) in [5, 5.41) is -0.407. The van der Waals surface area contributed by atoms with Crippen molar-refractivity contribution in [1.29, 1.82) is 0 Å². The molecular weight excluding hydrogens is 280 g/mol. The molecule has 1 aliphatic heterocycles. The van der Waals surface area contributed by atoms with E-state index in [0.717, 1.165) is 0 Å². The van der Waals surface area contributed by atoms with E-state index in [1.807, 2.05) is 6.07 Å². The first-order chi connectivity index (χ1) is 9.59. The second-order valence-electron chi connectivity index (χ2n) is 3.86. The van der Waals surface area contributed by atoms with Crippen LogP contribution in [0.1, 0.15) is 31.1 Å². The Kier molecular flexibility index (Phi) is 4.27. The van der Waals surface area contributed by atoms with E-state index in [4.69, 9.17) is 11.6 Å². The summed E-state index contributed by atoms with van der Waals surface area (Å²) < 4.78 is 4.35. The molecule has 5 heteroatoms. The van der Waals surface area contributed by atoms with Crippen LogP contribution in [0.5, 0.6) is 0 Å². The number of hydrogen-bond acceptors (Lipinski definition) is 4. The van der Waals surface area contributed by atoms with E-state index in [1.54, 1.807) is 48.5 Å². The van der Waals surface area contributed by atoms with Crippen LogP contribution in [0.3, 0.4) is 0 Å². The number of cyclic esters (lactones) is 2. The number of rotatable bonds is 1. The number of esters is 2. The molecular formula is C15H9ClO4. The zero-order valence-corrected chi connectivity index (χ0v) is 11.0. The van der Waals surface area contributed by atoms with Gasteiger partial charge in [-0.2, -0.15) is 0 Å². The summed E-state index contributed by atoms with van der Waals surface area (Å²) in [6, 6.07) is 15.3. The van der Waals surface area contributed by atoms with Crippen molar-refractivity contribution >= 4 is 28.8 Å². The molecule has 0 aliphatic carbocycles. The van der Waals surface area contributed by atoms with Crippen LogP contribution < -0.4 is 0 Å². The average Bonchev–Trinajstić information content (AvgIpc) is 2.76. The van der Waals surface area contributed by atoms with Crippen molar-refractivity contribution in [2.75, 3.05) is 0 Å². The predicted octanol–water partition coefficient (Wildman–Crippen LogP) is 3.06. The molecule has 0 spiro atoms. The Morgan fingerprint density at radius 3 is 1.65 bits per heavy atom. The lowest BCUT2D eigenvalue weighted by Gasteiger charge is -1.87. The van der Waals surface area contributed by atoms with Crippen molar-refractivity contribution in [2.24, 2.45) is 0 Å². The molecule has 0 radical (unpaired) electrons. The van der Waals surface area contributed by atoms with Crippen LogP contribution in [0.2, 0.25) is 0 Å². The van der Waals surface area contributed by atoms with Crippen LogP contribution in [0.15, 0.2) is 54.6 Å². The second kappa shape index (κ2) is 6.12. The van der Waals surface area contributed by atoms with Crippen molar-refractivity contribution in [3.8, 4) is 0 Å². The monoisotopic (exact) mass is 288 g/mol. The Hall–Kier alpha value is -2.46. The van der Waals surface area contributed by atoms with Gasteiger partial charge in [0.15, 0.2) is 0 Å². The summed E-state index contributed by atoms with van der Waals surface area (Å²) in [4.78, 5) is 32.1. The highest BCUT2D eigenvalue weighted by molar-refractivity contribution is 6.67. The van der Waals surface area contributed by atoms with E-state index < -0.39 is 17.2 Å². The third-order valence-corrected chi connectivity index (χ3v) is 2.77. The Morgan fingerprint density at radius 1 is 0.800 bits per heavy atom. The Bertz CT molecular complexity index is 632. The van der Waals surface area contributed by atoms with Crippen LogP contribution in [0.4, 0.5) is 0 Å². The standard InChI is InChI=1S/C8H4O3.C7H5ClO/c9-7-5-3-1-2-4-6(5)8(10)11-7;8-7(9)6-4-2-1-3-5-6/h1-4H;1-5H. The molecule has 4 nitrogen and oxygen atoms in total. The summed E-state index contributed by atoms with van der Waals surface area (Å²) >= 11 is 5.16. The van der Waals surface area contributed by atoms with Gasteiger partial charge in [-0.15, -0.1) is 0 Å². The molecule has 0 amide bonds. The van der Waals surface area contributed by atoms with Crippen LogP contribution in [0, 0.1) is 0 Å². The lowest BCUT2D eigenvalue weighted by atomic mass is 10.1. The Morgan fingerprint density at radius 2 is 1.25 bits per heavy atom. The number of carbonyl (C=O) groups excluding carboxylic acids is 3. The molecule has 0 bridgehead atoms. The van der Waals surface area contributed by atoms with Crippen molar-refractivity contribution in [3.05, 3.63) is 71.3 Å². The molecule has 0 N–H and O–H groups in total. The number of hydrogen-bond donors (Lipinski definition) is 0. The molecule has 2 aromatic rings. The molecule has 0 aromatic heterocycles. The van der Waals surface area contributed by atoms with Crippen LogP contribution >= 0.6 is 11.6 Å². The third-order valence-electron chi connectivity index (χ3n) is 2.55. The average molecular weight is 289 g/mol. The van der Waals surface area contributed by atoms with E-state index in [9.17, 15) is 14.4 Å². The van der Waals surface area contributed by atoms with Gasteiger partial charge in [-0.3, -0.25) is 4.79 Å². The van der Waals surface area contributed by atoms with Gasteiger partial charge in [-0.05, 0) is 23.7 Å². The lowest BCUT2D eigenvalue weighted by Crippen LogP contribution is -1.96. The summed E-state index contributed by atoms with van der Waals surface area (Å²) in [5.41, 5.74) is 1.26. The first-order valence-corrected chi connectivity index (χ1v) is 6.08. The zero-order valence-electron chi connectivity index (χ0n) is 10.2. The minimum Gasteiger partial charge on any atom is -0.386 e. The lowest BCUT2D eigenvalue weighted by molar-refractivity contribution is 0.0443. The zero-order chi connectivity index (χ0) is 14.5. The summed E-state index contributed by atoms with van der Waals surface area (Å²) in [5.74, 6) is -1.10. The van der Waals surface area contributed by atoms with Crippen molar-refractivity contribution in [1.82, 2.24) is 0 Å². The maximum absolute atomic E-state index is 10.8. The molecule has 0 saturated carbocycles. The summed E-state index contributed by atoms with van der Waals surface area (Å²) in [6.07, 6.45) is 0. The van der Waals surface area contributed by atoms with Gasteiger partial charge in [0.05, 0.1) is 11.1 Å². The number of ether oxygens (including phenoxy) is 1. The normalized spacial score (nSPS) is 12.1.